The lowest BCUT2D eigenvalue weighted by atomic mass is 10.4. The van der Waals surface area contributed by atoms with Crippen LogP contribution < -0.4 is 0 Å². The molecule has 0 atom stereocenters. The lowest BCUT2D eigenvalue weighted by Gasteiger charge is -2.25. The molecular weight excluding hydrogens is 228 g/mol. The zero-order valence-corrected chi connectivity index (χ0v) is 11.0. The van der Waals surface area contributed by atoms with Crippen LogP contribution in [-0.2, 0) is 11.3 Å². The van der Waals surface area contributed by atoms with Gasteiger partial charge < -0.3 is 4.74 Å². The van der Waals surface area contributed by atoms with Gasteiger partial charge in [-0.25, -0.2) is 15.9 Å². The number of hydrogen-bond donors (Lipinski definition) is 1. The smallest absolute Gasteiger partial charge is 0.129 e. The zero-order valence-electron chi connectivity index (χ0n) is 9.27. The molecule has 3 nitrogen and oxygen atoms in total. The van der Waals surface area contributed by atoms with Crippen molar-refractivity contribution in [3.05, 3.63) is 11.1 Å². The summed E-state index contributed by atoms with van der Waals surface area (Å²) in [6, 6.07) is 0. The Morgan fingerprint density at radius 1 is 1.47 bits per heavy atom. The van der Waals surface area contributed by atoms with Crippen LogP contribution in [0, 0.1) is 0 Å². The van der Waals surface area contributed by atoms with E-state index >= 15 is 0 Å². The third kappa shape index (κ3) is 3.17. The van der Waals surface area contributed by atoms with Crippen LogP contribution in [0.15, 0.2) is 10.5 Å². The van der Waals surface area contributed by atoms with E-state index in [1.54, 1.807) is 0 Å². The molecule has 0 radical (unpaired) electrons. The molecule has 0 bridgehead atoms. The molecule has 0 unspecified atom stereocenters. The maximum Gasteiger partial charge on any atom is 0.129 e. The summed E-state index contributed by atoms with van der Waals surface area (Å²) in [5.41, 5.74) is 0. The van der Waals surface area contributed by atoms with E-state index in [1.807, 2.05) is 17.5 Å². The summed E-state index contributed by atoms with van der Waals surface area (Å²) in [6.07, 6.45) is 6.55. The first-order valence-electron chi connectivity index (χ1n) is 5.18. The minimum absolute atomic E-state index is 0.0337. The van der Waals surface area contributed by atoms with E-state index in [9.17, 15) is 0 Å². The van der Waals surface area contributed by atoms with E-state index in [-0.39, 0.29) is 10.9 Å². The molecular formula is C10H18N2OS2. The van der Waals surface area contributed by atoms with Gasteiger partial charge in [0.2, 0.25) is 0 Å². The van der Waals surface area contributed by atoms with Crippen LogP contribution in [0.2, 0.25) is 0 Å². The molecule has 0 amide bonds. The van der Waals surface area contributed by atoms with Gasteiger partial charge in [0.05, 0.1) is 13.2 Å². The Morgan fingerprint density at radius 3 is 2.80 bits per heavy atom. The predicted octanol–water partition coefficient (Wildman–Crippen LogP) is 1.59. The molecule has 1 aliphatic rings. The summed E-state index contributed by atoms with van der Waals surface area (Å²) in [7, 11) is -0.0337. The molecule has 0 N–H and O–H groups in total. The monoisotopic (exact) mass is 246 g/mol. The van der Waals surface area contributed by atoms with Gasteiger partial charge in [0.25, 0.3) is 0 Å². The lowest BCUT2D eigenvalue weighted by molar-refractivity contribution is 0.0346. The normalized spacial score (nSPS) is 19.2. The van der Waals surface area contributed by atoms with Gasteiger partial charge in [-0.1, -0.05) is 0 Å². The quantitative estimate of drug-likeness (QED) is 0.820. The molecule has 5 heteroatoms. The van der Waals surface area contributed by atoms with Crippen molar-refractivity contribution in [3.8, 4) is 0 Å². The van der Waals surface area contributed by atoms with Crippen molar-refractivity contribution in [2.75, 3.05) is 38.8 Å². The number of hydrogen-bond acceptors (Lipinski definition) is 4. The molecule has 0 aromatic carbocycles. The van der Waals surface area contributed by atoms with Crippen molar-refractivity contribution in [1.82, 2.24) is 9.88 Å². The average molecular weight is 246 g/mol. The van der Waals surface area contributed by atoms with Gasteiger partial charge in [-0.05, 0) is 12.5 Å². The van der Waals surface area contributed by atoms with Gasteiger partial charge in [0, 0.05) is 30.7 Å². The molecule has 1 aromatic rings. The van der Waals surface area contributed by atoms with Gasteiger partial charge in [-0.2, -0.15) is 0 Å². The molecule has 0 aliphatic carbocycles. The number of thiazole rings is 1. The zero-order chi connectivity index (χ0) is 10.7. The second kappa shape index (κ2) is 5.30. The van der Waals surface area contributed by atoms with Crippen molar-refractivity contribution in [2.24, 2.45) is 0 Å². The number of morpholine rings is 1. The molecule has 0 spiro atoms. The Labute approximate surface area is 97.8 Å². The van der Waals surface area contributed by atoms with Crippen molar-refractivity contribution >= 4 is 22.2 Å². The first kappa shape index (κ1) is 11.4. The Bertz CT molecular complexity index is 308. The van der Waals surface area contributed by atoms with Gasteiger partial charge in [0.15, 0.2) is 0 Å². The highest BCUT2D eigenvalue weighted by Crippen LogP contribution is 2.32. The van der Waals surface area contributed by atoms with E-state index in [4.69, 9.17) is 4.74 Å². The molecule has 1 fully saturated rings. The van der Waals surface area contributed by atoms with E-state index in [0.717, 1.165) is 32.8 Å². The summed E-state index contributed by atoms with van der Waals surface area (Å²) in [5, 5.41) is 0. The third-order valence-corrected chi connectivity index (χ3v) is 5.44. The van der Waals surface area contributed by atoms with Crippen LogP contribution in [0.1, 0.15) is 4.88 Å². The number of thiol groups is 1. The van der Waals surface area contributed by atoms with E-state index in [2.05, 4.69) is 22.4 Å². The van der Waals surface area contributed by atoms with Crippen molar-refractivity contribution < 1.29 is 4.74 Å². The van der Waals surface area contributed by atoms with Gasteiger partial charge >= 0.3 is 0 Å². The number of nitrogens with zero attached hydrogens (tertiary/aromatic N) is 2. The topological polar surface area (TPSA) is 25.4 Å². The van der Waals surface area contributed by atoms with Crippen molar-refractivity contribution in [1.29, 1.82) is 0 Å². The molecule has 2 heterocycles. The number of rotatable bonds is 3. The Balaban J connectivity index is 1.91. The van der Waals surface area contributed by atoms with Crippen LogP contribution >= 0.6 is 22.2 Å². The summed E-state index contributed by atoms with van der Waals surface area (Å²) in [5.74, 6) is 0. The van der Waals surface area contributed by atoms with Crippen LogP contribution in [0.4, 0.5) is 0 Å². The van der Waals surface area contributed by atoms with Crippen molar-refractivity contribution in [3.63, 3.8) is 0 Å². The highest BCUT2D eigenvalue weighted by molar-refractivity contribution is 8.17. The summed E-state index contributed by atoms with van der Waals surface area (Å²) in [4.78, 5) is 8.30. The Hall–Kier alpha value is -0.100. The average Bonchev–Trinajstić information content (AvgIpc) is 2.68. The second-order valence-corrected chi connectivity index (χ2v) is 7.52. The van der Waals surface area contributed by atoms with Gasteiger partial charge in [-0.15, -0.1) is 11.3 Å². The lowest BCUT2D eigenvalue weighted by Crippen LogP contribution is -2.35. The standard InChI is InChI=1S/C10H18N2OS2/c1-15(2)10-11-7-9(14-10)8-12-3-5-13-6-4-12/h7,15H,3-6,8H2,1-2H3. The molecule has 0 saturated carbocycles. The first-order valence-corrected chi connectivity index (χ1v) is 8.23. The van der Waals surface area contributed by atoms with Crippen LogP contribution in [0.5, 0.6) is 0 Å². The van der Waals surface area contributed by atoms with Gasteiger partial charge in [0.1, 0.15) is 4.34 Å². The predicted molar refractivity (Wildman–Crippen MR) is 67.3 cm³/mol. The maximum absolute atomic E-state index is 5.33. The molecule has 2 rings (SSSR count). The van der Waals surface area contributed by atoms with Crippen LogP contribution in [0.25, 0.3) is 0 Å². The largest absolute Gasteiger partial charge is 0.379 e. The summed E-state index contributed by atoms with van der Waals surface area (Å²) in [6.45, 7) is 4.91. The number of aromatic nitrogens is 1. The minimum Gasteiger partial charge on any atom is -0.379 e. The fourth-order valence-corrected chi connectivity index (χ4v) is 3.62. The highest BCUT2D eigenvalue weighted by atomic mass is 32.2. The second-order valence-electron chi connectivity index (χ2n) is 3.89. The van der Waals surface area contributed by atoms with E-state index in [0.29, 0.717) is 0 Å². The minimum atomic E-state index is -0.0337. The Kier molecular flexibility index (Phi) is 4.02. The summed E-state index contributed by atoms with van der Waals surface area (Å²) < 4.78 is 6.64. The first-order chi connectivity index (χ1) is 7.25. The molecule has 1 aromatic heterocycles. The van der Waals surface area contributed by atoms with Gasteiger partial charge in [-0.3, -0.25) is 4.90 Å². The summed E-state index contributed by atoms with van der Waals surface area (Å²) >= 11 is 1.87. The SMILES string of the molecule is C[SH](C)c1ncc(CN2CCOCC2)s1. The highest BCUT2D eigenvalue weighted by Gasteiger charge is 2.12. The number of ether oxygens (including phenoxy) is 1. The van der Waals surface area contributed by atoms with Crippen LogP contribution in [-0.4, -0.2) is 48.7 Å². The molecule has 15 heavy (non-hydrogen) atoms. The fourth-order valence-electron chi connectivity index (χ4n) is 1.56. The molecule has 86 valence electrons. The Morgan fingerprint density at radius 2 is 2.20 bits per heavy atom. The van der Waals surface area contributed by atoms with Crippen LogP contribution in [0.3, 0.4) is 0 Å². The third-order valence-electron chi connectivity index (χ3n) is 2.41. The van der Waals surface area contributed by atoms with E-state index in [1.165, 1.54) is 9.22 Å². The fraction of sp³-hybridized carbons (Fsp3) is 0.700. The van der Waals surface area contributed by atoms with E-state index < -0.39 is 0 Å². The molecule has 1 saturated heterocycles. The molecule has 1 aliphatic heterocycles. The van der Waals surface area contributed by atoms with Crippen molar-refractivity contribution in [2.45, 2.75) is 10.9 Å². The maximum atomic E-state index is 5.33.